The fraction of sp³-hybridized carbons (Fsp3) is 0.167. The van der Waals surface area contributed by atoms with Gasteiger partial charge in [-0.15, -0.1) is 0 Å². The number of fused-ring (bicyclic) bond motifs is 8. The van der Waals surface area contributed by atoms with E-state index in [4.69, 9.17) is 0 Å². The molecule has 1 unspecified atom stereocenters. The molecule has 1 aliphatic heterocycles. The number of rotatable bonds is 2. The van der Waals surface area contributed by atoms with Gasteiger partial charge in [0.05, 0.1) is 6.04 Å². The quantitative estimate of drug-likeness (QED) is 0.239. The van der Waals surface area contributed by atoms with Crippen molar-refractivity contribution in [2.75, 3.05) is 0 Å². The van der Waals surface area contributed by atoms with Gasteiger partial charge in [-0.25, -0.2) is 0 Å². The summed E-state index contributed by atoms with van der Waals surface area (Å²) in [5.41, 5.74) is 17.3. The molecule has 0 saturated heterocycles. The van der Waals surface area contributed by atoms with Gasteiger partial charge in [-0.3, -0.25) is 4.98 Å². The van der Waals surface area contributed by atoms with Gasteiger partial charge in [0, 0.05) is 28.4 Å². The lowest BCUT2D eigenvalue weighted by Crippen LogP contribution is -2.45. The molecule has 5 aromatic rings. The zero-order chi connectivity index (χ0) is 29.8. The third-order valence-electron chi connectivity index (χ3n) is 10.7. The summed E-state index contributed by atoms with van der Waals surface area (Å²) >= 11 is 0. The van der Waals surface area contributed by atoms with Crippen molar-refractivity contribution >= 4 is 11.1 Å². The zero-order valence-corrected chi connectivity index (χ0v) is 25.6. The maximum atomic E-state index is 4.68. The second kappa shape index (κ2) is 8.80. The number of aromatic nitrogens is 1. The van der Waals surface area contributed by atoms with Crippen LogP contribution in [-0.2, 0) is 10.8 Å². The van der Waals surface area contributed by atoms with Crippen molar-refractivity contribution in [3.05, 3.63) is 171 Å². The summed E-state index contributed by atoms with van der Waals surface area (Å²) in [5.74, 6) is 0. The van der Waals surface area contributed by atoms with Crippen LogP contribution in [0, 0.1) is 0 Å². The van der Waals surface area contributed by atoms with Crippen molar-refractivity contribution in [2.45, 2.75) is 44.6 Å². The minimum absolute atomic E-state index is 0.0355. The van der Waals surface area contributed by atoms with Gasteiger partial charge >= 0.3 is 0 Å². The van der Waals surface area contributed by atoms with Crippen LogP contribution in [0.2, 0.25) is 0 Å². The van der Waals surface area contributed by atoms with Gasteiger partial charge in [0.1, 0.15) is 0 Å². The van der Waals surface area contributed by atoms with Crippen LogP contribution in [0.3, 0.4) is 0 Å². The van der Waals surface area contributed by atoms with E-state index in [1.54, 1.807) is 0 Å². The lowest BCUT2D eigenvalue weighted by molar-refractivity contribution is 0.659. The highest BCUT2D eigenvalue weighted by atomic mass is 14.9. The number of allylic oxidation sites excluding steroid dienone is 2. The van der Waals surface area contributed by atoms with Crippen molar-refractivity contribution in [1.82, 2.24) is 10.3 Å². The smallest absolute Gasteiger partial charge is 0.0780 e. The second-order valence-electron chi connectivity index (χ2n) is 13.7. The minimum Gasteiger partial charge on any atom is -0.380 e. The molecule has 1 N–H and O–H groups in total. The molecule has 2 heterocycles. The predicted molar refractivity (Wildman–Crippen MR) is 181 cm³/mol. The summed E-state index contributed by atoms with van der Waals surface area (Å²) in [7, 11) is 0. The van der Waals surface area contributed by atoms with Gasteiger partial charge < -0.3 is 5.32 Å². The number of benzene rings is 4. The van der Waals surface area contributed by atoms with Crippen molar-refractivity contribution in [2.24, 2.45) is 0 Å². The summed E-state index contributed by atoms with van der Waals surface area (Å²) < 4.78 is 0. The summed E-state index contributed by atoms with van der Waals surface area (Å²) in [6.07, 6.45) is 10.5. The number of hydrogen-bond acceptors (Lipinski definition) is 2. The second-order valence-corrected chi connectivity index (χ2v) is 13.7. The Hall–Kier alpha value is -4.95. The number of nitrogens with one attached hydrogen (secondary N) is 1. The average molecular weight is 567 g/mol. The van der Waals surface area contributed by atoms with Gasteiger partial charge in [0.25, 0.3) is 0 Å². The molecule has 0 amide bonds. The van der Waals surface area contributed by atoms with Gasteiger partial charge in [0.2, 0.25) is 0 Å². The van der Waals surface area contributed by atoms with E-state index in [0.29, 0.717) is 0 Å². The Kier molecular flexibility index (Phi) is 5.11. The van der Waals surface area contributed by atoms with Crippen molar-refractivity contribution < 1.29 is 0 Å². The van der Waals surface area contributed by atoms with E-state index in [9.17, 15) is 0 Å². The van der Waals surface area contributed by atoms with E-state index in [2.05, 4.69) is 154 Å². The molecule has 0 fully saturated rings. The van der Waals surface area contributed by atoms with Gasteiger partial charge in [-0.2, -0.15) is 0 Å². The normalized spacial score (nSPS) is 19.2. The molecule has 3 aliphatic carbocycles. The largest absolute Gasteiger partial charge is 0.380 e. The minimum atomic E-state index is -0.0560. The zero-order valence-electron chi connectivity index (χ0n) is 25.6. The Balaban J connectivity index is 1.30. The molecular weight excluding hydrogens is 532 g/mol. The molecule has 4 aliphatic rings. The van der Waals surface area contributed by atoms with Gasteiger partial charge in [0.15, 0.2) is 0 Å². The van der Waals surface area contributed by atoms with Crippen LogP contribution in [0.15, 0.2) is 127 Å². The molecule has 44 heavy (non-hydrogen) atoms. The first kappa shape index (κ1) is 25.5. The Morgan fingerprint density at radius 2 is 1.20 bits per heavy atom. The molecule has 9 rings (SSSR count). The summed E-state index contributed by atoms with van der Waals surface area (Å²) in [5, 5.41) is 6.21. The Labute approximate surface area is 258 Å². The maximum absolute atomic E-state index is 4.68. The first-order valence-electron chi connectivity index (χ1n) is 15.7. The molecule has 2 heteroatoms. The lowest BCUT2D eigenvalue weighted by atomic mass is 9.76. The van der Waals surface area contributed by atoms with Crippen LogP contribution < -0.4 is 15.8 Å². The van der Waals surface area contributed by atoms with Crippen molar-refractivity contribution in [3.8, 4) is 22.3 Å². The fourth-order valence-corrected chi connectivity index (χ4v) is 8.47. The number of hydrogen-bond donors (Lipinski definition) is 1. The number of nitrogens with zero attached hydrogens (tertiary/aromatic N) is 1. The van der Waals surface area contributed by atoms with Crippen LogP contribution in [0.25, 0.3) is 33.4 Å². The molecule has 1 atom stereocenters. The van der Waals surface area contributed by atoms with Crippen LogP contribution in [-0.4, -0.2) is 11.0 Å². The Bertz CT molecular complexity index is 2260. The third kappa shape index (κ3) is 3.29. The highest BCUT2D eigenvalue weighted by Gasteiger charge is 2.38. The lowest BCUT2D eigenvalue weighted by Gasteiger charge is -2.33. The van der Waals surface area contributed by atoms with Crippen LogP contribution >= 0.6 is 0 Å². The molecule has 0 saturated carbocycles. The number of dihydropyridines is 1. The fourth-order valence-electron chi connectivity index (χ4n) is 8.47. The van der Waals surface area contributed by atoms with Crippen molar-refractivity contribution in [1.29, 1.82) is 0 Å². The first-order chi connectivity index (χ1) is 21.4. The van der Waals surface area contributed by atoms with Crippen LogP contribution in [0.5, 0.6) is 0 Å². The van der Waals surface area contributed by atoms with E-state index in [1.807, 2.05) is 6.20 Å². The Morgan fingerprint density at radius 1 is 0.614 bits per heavy atom. The number of pyridine rings is 1. The Morgan fingerprint density at radius 3 is 1.89 bits per heavy atom. The summed E-state index contributed by atoms with van der Waals surface area (Å²) in [6.45, 7) is 9.43. The molecule has 4 aromatic carbocycles. The summed E-state index contributed by atoms with van der Waals surface area (Å²) in [6, 6.07) is 34.2. The monoisotopic (exact) mass is 566 g/mol. The summed E-state index contributed by atoms with van der Waals surface area (Å²) in [4.78, 5) is 4.68. The van der Waals surface area contributed by atoms with Gasteiger partial charge in [-0.05, 0) is 108 Å². The van der Waals surface area contributed by atoms with E-state index < -0.39 is 0 Å². The van der Waals surface area contributed by atoms with E-state index in [0.717, 1.165) is 0 Å². The highest BCUT2D eigenvalue weighted by Crippen LogP contribution is 2.51. The maximum Gasteiger partial charge on any atom is 0.0780 e. The van der Waals surface area contributed by atoms with Crippen molar-refractivity contribution in [3.63, 3.8) is 0 Å². The van der Waals surface area contributed by atoms with Crippen LogP contribution in [0.4, 0.5) is 0 Å². The van der Waals surface area contributed by atoms with Gasteiger partial charge in [-0.1, -0.05) is 107 Å². The molecular formula is C42H34N2. The molecule has 212 valence electrons. The molecule has 2 nitrogen and oxygen atoms in total. The topological polar surface area (TPSA) is 24.9 Å². The van der Waals surface area contributed by atoms with E-state index in [-0.39, 0.29) is 16.9 Å². The molecule has 0 spiro atoms. The third-order valence-corrected chi connectivity index (χ3v) is 10.7. The van der Waals surface area contributed by atoms with Crippen LogP contribution in [0.1, 0.15) is 61.1 Å². The predicted octanol–water partition coefficient (Wildman–Crippen LogP) is 7.52. The first-order valence-corrected chi connectivity index (χ1v) is 15.7. The average Bonchev–Trinajstić information content (AvgIpc) is 3.42. The highest BCUT2D eigenvalue weighted by molar-refractivity contribution is 5.93. The molecule has 1 aromatic heterocycles. The molecule has 0 bridgehead atoms. The van der Waals surface area contributed by atoms with E-state index >= 15 is 0 Å². The van der Waals surface area contributed by atoms with E-state index in [1.165, 1.54) is 82.8 Å². The standard InChI is InChI=1S/C42H34N2/c1-41(2)34-13-7-5-10-27(34)29-17-15-25(22-36(29)41)38-32-12-9-20-44-40(32)39(31-19-21-43-24-33(31)38)26-16-18-30-28-11-6-8-14-35(28)42(3,4)37(30)23-26/h5-24,40,44H,1-4H3. The SMILES string of the molecule is CC1(C)c2ccccc2-c2ccc(C3=c4cnccc4=C(c4ccc5c(c4)C(C)(C)c4ccccc4-5)C4NC=CC=C34)cc21. The molecule has 0 radical (unpaired) electrons.